The lowest BCUT2D eigenvalue weighted by Crippen LogP contribution is -2.46. The maximum Gasteiger partial charge on any atom is 0.290 e. The Morgan fingerprint density at radius 2 is 1.44 bits per heavy atom. The van der Waals surface area contributed by atoms with Crippen LogP contribution in [0, 0.1) is 5.92 Å². The van der Waals surface area contributed by atoms with Crippen molar-refractivity contribution in [3.63, 3.8) is 0 Å². The summed E-state index contributed by atoms with van der Waals surface area (Å²) in [6.45, 7) is 17.0. The summed E-state index contributed by atoms with van der Waals surface area (Å²) in [5.74, 6) is 0.969. The third kappa shape index (κ3) is 28.5. The lowest BCUT2D eigenvalue weighted by Gasteiger charge is -2.21. The molecular formula is C34H57N3O6. The lowest BCUT2D eigenvalue weighted by atomic mass is 9.98. The van der Waals surface area contributed by atoms with Gasteiger partial charge in [-0.25, -0.2) is 0 Å². The molecule has 0 aliphatic rings. The SMILES string of the molecule is C=O.CC(C)(C)NCC(=O)NC(C=O)Cc1ccccc1.CCC(CO)c1ccccc1.CN[C@@H](C)CC(C)C.O=CO. The maximum absolute atomic E-state index is 11.7. The molecule has 9 heteroatoms. The van der Waals surface area contributed by atoms with Crippen LogP contribution in [0.2, 0.25) is 0 Å². The lowest BCUT2D eigenvalue weighted by molar-refractivity contribution is -0.123. The van der Waals surface area contributed by atoms with E-state index in [2.05, 4.69) is 55.8 Å². The van der Waals surface area contributed by atoms with Gasteiger partial charge in [0.25, 0.3) is 6.47 Å². The van der Waals surface area contributed by atoms with E-state index in [0.29, 0.717) is 18.4 Å². The Labute approximate surface area is 259 Å². The third-order valence-corrected chi connectivity index (χ3v) is 5.89. The first-order valence-electron chi connectivity index (χ1n) is 14.6. The Kier molecular flexibility index (Phi) is 29.4. The van der Waals surface area contributed by atoms with Crippen LogP contribution >= 0.6 is 0 Å². The molecule has 0 radical (unpaired) electrons. The number of carboxylic acid groups (broad SMARTS) is 1. The molecule has 0 saturated carbocycles. The van der Waals surface area contributed by atoms with E-state index in [1.807, 2.05) is 83.1 Å². The highest BCUT2D eigenvalue weighted by Crippen LogP contribution is 2.17. The van der Waals surface area contributed by atoms with Gasteiger partial charge in [0.15, 0.2) is 0 Å². The molecule has 9 nitrogen and oxygen atoms in total. The molecule has 2 aromatic rings. The van der Waals surface area contributed by atoms with Crippen LogP contribution in [0.4, 0.5) is 0 Å². The van der Waals surface area contributed by atoms with Crippen LogP contribution in [0.3, 0.4) is 0 Å². The molecule has 1 amide bonds. The average molecular weight is 604 g/mol. The smallest absolute Gasteiger partial charge is 0.290 e. The van der Waals surface area contributed by atoms with Gasteiger partial charge in [0, 0.05) is 24.1 Å². The van der Waals surface area contributed by atoms with E-state index in [0.717, 1.165) is 24.2 Å². The average Bonchev–Trinajstić information content (AvgIpc) is 2.99. The zero-order valence-corrected chi connectivity index (χ0v) is 27.5. The van der Waals surface area contributed by atoms with Gasteiger partial charge in [0.05, 0.1) is 12.6 Å². The van der Waals surface area contributed by atoms with Gasteiger partial charge in [0.2, 0.25) is 5.91 Å². The number of hydrogen-bond acceptors (Lipinski definition) is 7. The summed E-state index contributed by atoms with van der Waals surface area (Å²) >= 11 is 0. The fourth-order valence-electron chi connectivity index (χ4n) is 3.62. The van der Waals surface area contributed by atoms with E-state index < -0.39 is 6.04 Å². The first-order chi connectivity index (χ1) is 20.4. The number of rotatable bonds is 12. The monoisotopic (exact) mass is 603 g/mol. The van der Waals surface area contributed by atoms with Gasteiger partial charge < -0.3 is 35.8 Å². The molecule has 3 atom stereocenters. The van der Waals surface area contributed by atoms with E-state index in [1.54, 1.807) is 0 Å². The summed E-state index contributed by atoms with van der Waals surface area (Å²) < 4.78 is 0. The van der Waals surface area contributed by atoms with Crippen molar-refractivity contribution in [1.29, 1.82) is 0 Å². The maximum atomic E-state index is 11.7. The zero-order valence-electron chi connectivity index (χ0n) is 27.5. The standard InChI is InChI=1S/C15H22N2O2.C10H14O.C7H17N.CH2O2.CH2O/c1-15(2,3)16-10-14(19)17-13(11-18)9-12-7-5-4-6-8-12;1-2-9(8-11)10-6-4-3-5-7-10;1-6(2)5-7(3)8-4;2-1-3;1-2/h4-8,11,13,16H,9-10H2,1-3H3,(H,17,19);3-7,9,11H,2,8H2,1H3;6-8H,5H2,1-4H3;1H,(H,2,3);1H2/t;;7-;;/m..0../s1. The van der Waals surface area contributed by atoms with Crippen molar-refractivity contribution in [2.75, 3.05) is 20.2 Å². The highest BCUT2D eigenvalue weighted by atomic mass is 16.3. The Hall–Kier alpha value is -3.40. The van der Waals surface area contributed by atoms with Crippen molar-refractivity contribution >= 4 is 25.5 Å². The summed E-state index contributed by atoms with van der Waals surface area (Å²) in [4.78, 5) is 39.1. The number of aliphatic hydroxyl groups excluding tert-OH is 1. The van der Waals surface area contributed by atoms with Gasteiger partial charge >= 0.3 is 0 Å². The summed E-state index contributed by atoms with van der Waals surface area (Å²) in [6, 6.07) is 20.0. The molecule has 0 fully saturated rings. The van der Waals surface area contributed by atoms with E-state index in [-0.39, 0.29) is 31.1 Å². The molecule has 0 aliphatic heterocycles. The highest BCUT2D eigenvalue weighted by molar-refractivity contribution is 5.81. The molecule has 43 heavy (non-hydrogen) atoms. The van der Waals surface area contributed by atoms with E-state index in [9.17, 15) is 9.59 Å². The minimum Gasteiger partial charge on any atom is -0.483 e. The molecule has 0 bridgehead atoms. The fourth-order valence-corrected chi connectivity index (χ4v) is 3.62. The topological polar surface area (TPSA) is 145 Å². The number of aldehydes is 1. The van der Waals surface area contributed by atoms with Crippen molar-refractivity contribution in [3.05, 3.63) is 71.8 Å². The minimum absolute atomic E-state index is 0.118. The second-order valence-corrected chi connectivity index (χ2v) is 11.2. The van der Waals surface area contributed by atoms with Crippen LogP contribution in [0.1, 0.15) is 78.4 Å². The summed E-state index contributed by atoms with van der Waals surface area (Å²) in [6.07, 6.45) is 3.57. The highest BCUT2D eigenvalue weighted by Gasteiger charge is 2.15. The number of amides is 1. The second kappa shape index (κ2) is 28.7. The van der Waals surface area contributed by atoms with Crippen LogP contribution in [0.5, 0.6) is 0 Å². The summed E-state index contributed by atoms with van der Waals surface area (Å²) in [7, 11) is 2.01. The molecule has 0 heterocycles. The predicted octanol–water partition coefficient (Wildman–Crippen LogP) is 4.63. The van der Waals surface area contributed by atoms with E-state index in [1.165, 1.54) is 12.0 Å². The number of carbonyl (C=O) groups excluding carboxylic acids is 3. The second-order valence-electron chi connectivity index (χ2n) is 11.2. The van der Waals surface area contributed by atoms with Gasteiger partial charge in [0.1, 0.15) is 13.1 Å². The normalized spacial score (nSPS) is 12.0. The van der Waals surface area contributed by atoms with E-state index >= 15 is 0 Å². The van der Waals surface area contributed by atoms with Crippen LogP contribution in [-0.4, -0.2) is 73.5 Å². The Morgan fingerprint density at radius 1 is 0.953 bits per heavy atom. The van der Waals surface area contributed by atoms with Crippen molar-refractivity contribution in [1.82, 2.24) is 16.0 Å². The summed E-state index contributed by atoms with van der Waals surface area (Å²) in [5.41, 5.74) is 2.15. The van der Waals surface area contributed by atoms with Crippen molar-refractivity contribution < 1.29 is 29.4 Å². The molecule has 0 spiro atoms. The van der Waals surface area contributed by atoms with Gasteiger partial charge in [-0.2, -0.15) is 0 Å². The van der Waals surface area contributed by atoms with Gasteiger partial charge in [-0.15, -0.1) is 0 Å². The molecule has 0 saturated heterocycles. The van der Waals surface area contributed by atoms with Crippen molar-refractivity contribution in [2.24, 2.45) is 5.92 Å². The van der Waals surface area contributed by atoms with Gasteiger partial charge in [-0.1, -0.05) is 81.4 Å². The van der Waals surface area contributed by atoms with Crippen LogP contribution in [-0.2, 0) is 25.6 Å². The summed E-state index contributed by atoms with van der Waals surface area (Å²) in [5, 5.41) is 24.9. The van der Waals surface area contributed by atoms with Gasteiger partial charge in [-0.3, -0.25) is 9.59 Å². The zero-order chi connectivity index (χ0) is 33.7. The molecule has 0 aromatic heterocycles. The largest absolute Gasteiger partial charge is 0.483 e. The van der Waals surface area contributed by atoms with Crippen LogP contribution in [0.25, 0.3) is 0 Å². The molecule has 2 rings (SSSR count). The van der Waals surface area contributed by atoms with Crippen molar-refractivity contribution in [2.45, 2.75) is 91.3 Å². The molecular weight excluding hydrogens is 546 g/mol. The van der Waals surface area contributed by atoms with Crippen molar-refractivity contribution in [3.8, 4) is 0 Å². The number of nitrogens with one attached hydrogen (secondary N) is 3. The Bertz CT molecular complexity index is 917. The van der Waals surface area contributed by atoms with E-state index in [4.69, 9.17) is 19.8 Å². The molecule has 2 aromatic carbocycles. The Balaban J connectivity index is -0.000000564. The van der Waals surface area contributed by atoms with Gasteiger partial charge in [-0.05, 0) is 71.0 Å². The molecule has 5 N–H and O–H groups in total. The number of carbonyl (C=O) groups is 4. The first-order valence-corrected chi connectivity index (χ1v) is 14.6. The molecule has 244 valence electrons. The van der Waals surface area contributed by atoms with Crippen LogP contribution in [0.15, 0.2) is 60.7 Å². The number of hydrogen-bond donors (Lipinski definition) is 5. The predicted molar refractivity (Wildman–Crippen MR) is 176 cm³/mol. The number of aliphatic hydroxyl groups is 1. The number of benzene rings is 2. The van der Waals surface area contributed by atoms with Crippen LogP contribution < -0.4 is 16.0 Å². The third-order valence-electron chi connectivity index (χ3n) is 5.89. The quantitative estimate of drug-likeness (QED) is 0.221. The first kappa shape index (κ1) is 44.0. The molecule has 0 aliphatic carbocycles. The molecule has 2 unspecified atom stereocenters. The minimum atomic E-state index is -0.475. The fraction of sp³-hybridized carbons (Fsp3) is 0.529. The Morgan fingerprint density at radius 3 is 1.79 bits per heavy atom.